The Balaban J connectivity index is 2.03. The summed E-state index contributed by atoms with van der Waals surface area (Å²) in [6.45, 7) is 3.09. The molecule has 3 rings (SSSR count). The lowest BCUT2D eigenvalue weighted by Crippen LogP contribution is -2.29. The van der Waals surface area contributed by atoms with Crippen molar-refractivity contribution in [3.8, 4) is 11.4 Å². The highest BCUT2D eigenvalue weighted by atomic mass is 15.4. The van der Waals surface area contributed by atoms with Crippen LogP contribution in [0.5, 0.6) is 0 Å². The van der Waals surface area contributed by atoms with Crippen LogP contribution < -0.4 is 5.73 Å². The van der Waals surface area contributed by atoms with Crippen molar-refractivity contribution >= 4 is 0 Å². The first-order chi connectivity index (χ1) is 8.25. The molecule has 4 nitrogen and oxygen atoms in total. The Morgan fingerprint density at radius 1 is 1.29 bits per heavy atom. The highest BCUT2D eigenvalue weighted by Crippen LogP contribution is 2.28. The van der Waals surface area contributed by atoms with Crippen molar-refractivity contribution in [1.82, 2.24) is 14.8 Å². The molecule has 1 aliphatic rings. The maximum absolute atomic E-state index is 6.16. The molecule has 88 valence electrons. The van der Waals surface area contributed by atoms with Gasteiger partial charge in [-0.1, -0.05) is 37.3 Å². The van der Waals surface area contributed by atoms with E-state index in [1.165, 1.54) is 0 Å². The molecule has 0 bridgehead atoms. The molecule has 2 N–H and O–H groups in total. The van der Waals surface area contributed by atoms with E-state index in [9.17, 15) is 0 Å². The normalized spacial score (nSPS) is 23.4. The average Bonchev–Trinajstić information content (AvgIpc) is 2.80. The molecule has 1 aliphatic heterocycles. The molecule has 1 aromatic carbocycles. The molecule has 4 heteroatoms. The first-order valence-electron chi connectivity index (χ1n) is 6.01. The molecule has 2 heterocycles. The predicted molar refractivity (Wildman–Crippen MR) is 66.2 cm³/mol. The Labute approximate surface area is 100 Å². The van der Waals surface area contributed by atoms with E-state index in [0.717, 1.165) is 30.2 Å². The van der Waals surface area contributed by atoms with Gasteiger partial charge in [0.1, 0.15) is 5.82 Å². The molecule has 17 heavy (non-hydrogen) atoms. The van der Waals surface area contributed by atoms with Gasteiger partial charge in [-0.3, -0.25) is 0 Å². The molecule has 0 saturated carbocycles. The highest BCUT2D eigenvalue weighted by molar-refractivity contribution is 5.54. The molecular formula is C13H16N4. The van der Waals surface area contributed by atoms with Crippen molar-refractivity contribution in [2.45, 2.75) is 25.9 Å². The van der Waals surface area contributed by atoms with Gasteiger partial charge in [0.05, 0.1) is 6.04 Å². The topological polar surface area (TPSA) is 56.7 Å². The third-order valence-corrected chi connectivity index (χ3v) is 3.44. The van der Waals surface area contributed by atoms with E-state index in [4.69, 9.17) is 5.73 Å². The molecule has 0 saturated heterocycles. The van der Waals surface area contributed by atoms with E-state index < -0.39 is 0 Å². The standard InChI is InChI=1S/C13H16N4/c1-9-7-8-17-13(11(9)14)15-12(16-17)10-5-3-2-4-6-10/h2-6,9,11H,7-8,14H2,1H3. The van der Waals surface area contributed by atoms with Crippen molar-refractivity contribution < 1.29 is 0 Å². The van der Waals surface area contributed by atoms with Crippen LogP contribution in [-0.4, -0.2) is 14.8 Å². The number of benzene rings is 1. The first-order valence-corrected chi connectivity index (χ1v) is 6.01. The molecule has 0 radical (unpaired) electrons. The molecule has 2 unspecified atom stereocenters. The van der Waals surface area contributed by atoms with Crippen LogP contribution in [0.25, 0.3) is 11.4 Å². The van der Waals surface area contributed by atoms with Gasteiger partial charge in [0.2, 0.25) is 0 Å². The summed E-state index contributed by atoms with van der Waals surface area (Å²) in [4.78, 5) is 4.58. The summed E-state index contributed by atoms with van der Waals surface area (Å²) in [6, 6.07) is 10.0. The monoisotopic (exact) mass is 228 g/mol. The van der Waals surface area contributed by atoms with E-state index in [-0.39, 0.29) is 6.04 Å². The minimum atomic E-state index is 0.00807. The molecule has 1 aromatic heterocycles. The van der Waals surface area contributed by atoms with E-state index in [2.05, 4.69) is 17.0 Å². The van der Waals surface area contributed by atoms with E-state index >= 15 is 0 Å². The lowest BCUT2D eigenvalue weighted by Gasteiger charge is -2.24. The SMILES string of the molecule is CC1CCn2nc(-c3ccccc3)nc2C1N. The first kappa shape index (κ1) is 10.5. The second-order valence-electron chi connectivity index (χ2n) is 4.67. The fraction of sp³-hybridized carbons (Fsp3) is 0.385. The maximum Gasteiger partial charge on any atom is 0.181 e. The van der Waals surface area contributed by atoms with Gasteiger partial charge < -0.3 is 5.73 Å². The molecule has 2 atom stereocenters. The third kappa shape index (κ3) is 1.74. The number of rotatable bonds is 1. The number of aryl methyl sites for hydroxylation is 1. The summed E-state index contributed by atoms with van der Waals surface area (Å²) in [5.41, 5.74) is 7.21. The van der Waals surface area contributed by atoms with E-state index in [0.29, 0.717) is 5.92 Å². The van der Waals surface area contributed by atoms with E-state index in [1.54, 1.807) is 0 Å². The van der Waals surface area contributed by atoms with Crippen LogP contribution in [0.15, 0.2) is 30.3 Å². The summed E-state index contributed by atoms with van der Waals surface area (Å²) < 4.78 is 1.95. The summed E-state index contributed by atoms with van der Waals surface area (Å²) in [6.07, 6.45) is 1.08. The highest BCUT2D eigenvalue weighted by Gasteiger charge is 2.26. The zero-order valence-corrected chi connectivity index (χ0v) is 9.87. The van der Waals surface area contributed by atoms with Gasteiger partial charge in [0.15, 0.2) is 5.82 Å². The lowest BCUT2D eigenvalue weighted by atomic mass is 9.95. The molecule has 0 amide bonds. The van der Waals surface area contributed by atoms with Crippen LogP contribution in [-0.2, 0) is 6.54 Å². The molecule has 0 fully saturated rings. The second kappa shape index (κ2) is 3.96. The zero-order valence-electron chi connectivity index (χ0n) is 9.87. The van der Waals surface area contributed by atoms with Gasteiger partial charge in [-0.25, -0.2) is 9.67 Å². The maximum atomic E-state index is 6.16. The minimum Gasteiger partial charge on any atom is -0.321 e. The van der Waals surface area contributed by atoms with Crippen molar-refractivity contribution in [3.05, 3.63) is 36.2 Å². The number of nitrogens with zero attached hydrogens (tertiary/aromatic N) is 3. The predicted octanol–water partition coefficient (Wildman–Crippen LogP) is 1.98. The lowest BCUT2D eigenvalue weighted by molar-refractivity contribution is 0.323. The van der Waals surface area contributed by atoms with Crippen LogP contribution in [0.4, 0.5) is 0 Å². The number of fused-ring (bicyclic) bond motifs is 1. The fourth-order valence-electron chi connectivity index (χ4n) is 2.23. The summed E-state index contributed by atoms with van der Waals surface area (Å²) >= 11 is 0. The Morgan fingerprint density at radius 2 is 2.06 bits per heavy atom. The molecule has 0 aliphatic carbocycles. The molecular weight excluding hydrogens is 212 g/mol. The number of nitrogens with two attached hydrogens (primary N) is 1. The van der Waals surface area contributed by atoms with Crippen LogP contribution in [0.1, 0.15) is 25.2 Å². The van der Waals surface area contributed by atoms with Crippen molar-refractivity contribution in [3.63, 3.8) is 0 Å². The van der Waals surface area contributed by atoms with Gasteiger partial charge in [-0.15, -0.1) is 0 Å². The minimum absolute atomic E-state index is 0.00807. The summed E-state index contributed by atoms with van der Waals surface area (Å²) in [5, 5.41) is 4.53. The fourth-order valence-corrected chi connectivity index (χ4v) is 2.23. The summed E-state index contributed by atoms with van der Waals surface area (Å²) in [5.74, 6) is 2.18. The van der Waals surface area contributed by atoms with Gasteiger partial charge >= 0.3 is 0 Å². The van der Waals surface area contributed by atoms with Crippen LogP contribution in [0, 0.1) is 5.92 Å². The van der Waals surface area contributed by atoms with Crippen molar-refractivity contribution in [2.75, 3.05) is 0 Å². The second-order valence-corrected chi connectivity index (χ2v) is 4.67. The van der Waals surface area contributed by atoms with Crippen LogP contribution in [0.3, 0.4) is 0 Å². The van der Waals surface area contributed by atoms with Crippen molar-refractivity contribution in [2.24, 2.45) is 11.7 Å². The summed E-state index contributed by atoms with van der Waals surface area (Å²) in [7, 11) is 0. The Morgan fingerprint density at radius 3 is 2.82 bits per heavy atom. The number of aromatic nitrogens is 3. The van der Waals surface area contributed by atoms with E-state index in [1.807, 2.05) is 35.0 Å². The van der Waals surface area contributed by atoms with Crippen LogP contribution >= 0.6 is 0 Å². The van der Waals surface area contributed by atoms with Gasteiger partial charge in [-0.2, -0.15) is 5.10 Å². The molecule has 0 spiro atoms. The Kier molecular flexibility index (Phi) is 2.44. The Hall–Kier alpha value is -1.68. The number of hydrogen-bond acceptors (Lipinski definition) is 3. The van der Waals surface area contributed by atoms with Crippen molar-refractivity contribution in [1.29, 1.82) is 0 Å². The smallest absolute Gasteiger partial charge is 0.181 e. The van der Waals surface area contributed by atoms with Gasteiger partial charge in [-0.05, 0) is 12.3 Å². The number of hydrogen-bond donors (Lipinski definition) is 1. The Bertz CT molecular complexity index is 517. The third-order valence-electron chi connectivity index (χ3n) is 3.44. The largest absolute Gasteiger partial charge is 0.321 e. The molecule has 2 aromatic rings. The zero-order chi connectivity index (χ0) is 11.8. The van der Waals surface area contributed by atoms with Crippen LogP contribution in [0.2, 0.25) is 0 Å². The quantitative estimate of drug-likeness (QED) is 0.812. The average molecular weight is 228 g/mol. The van der Waals surface area contributed by atoms with Gasteiger partial charge in [0, 0.05) is 12.1 Å². The van der Waals surface area contributed by atoms with Gasteiger partial charge in [0.25, 0.3) is 0 Å².